The lowest BCUT2D eigenvalue weighted by molar-refractivity contribution is -0.132. The first kappa shape index (κ1) is 19.2. The van der Waals surface area contributed by atoms with Crippen molar-refractivity contribution in [1.82, 2.24) is 9.88 Å². The maximum absolute atomic E-state index is 12.3. The van der Waals surface area contributed by atoms with Gasteiger partial charge in [-0.3, -0.25) is 4.79 Å². The summed E-state index contributed by atoms with van der Waals surface area (Å²) in [5.74, 6) is 1.45. The summed E-state index contributed by atoms with van der Waals surface area (Å²) in [5, 5.41) is 5.71. The third-order valence-electron chi connectivity index (χ3n) is 5.49. The Balaban J connectivity index is 1.30. The van der Waals surface area contributed by atoms with Gasteiger partial charge in [0.05, 0.1) is 11.9 Å². The Morgan fingerprint density at radius 3 is 2.41 bits per heavy atom. The summed E-state index contributed by atoms with van der Waals surface area (Å²) in [5.41, 5.74) is 3.54. The van der Waals surface area contributed by atoms with Crippen molar-refractivity contribution in [3.05, 3.63) is 47.7 Å². The predicted octanol–water partition coefficient (Wildman–Crippen LogP) is 3.40. The molecule has 1 saturated carbocycles. The van der Waals surface area contributed by atoms with Crippen LogP contribution in [0.3, 0.4) is 0 Å². The van der Waals surface area contributed by atoms with Gasteiger partial charge in [-0.1, -0.05) is 12.1 Å². The number of aryl methyl sites for hydroxylation is 2. The minimum atomic E-state index is -0.291. The van der Waals surface area contributed by atoms with Gasteiger partial charge in [0.2, 0.25) is 5.91 Å². The molecule has 1 aliphatic carbocycles. The van der Waals surface area contributed by atoms with E-state index in [1.807, 2.05) is 49.1 Å². The predicted molar refractivity (Wildman–Crippen MR) is 114 cm³/mol. The summed E-state index contributed by atoms with van der Waals surface area (Å²) in [6.45, 7) is 7.01. The molecule has 1 aromatic carbocycles. The molecule has 2 fully saturated rings. The Labute approximate surface area is 171 Å². The molecule has 0 spiro atoms. The number of hydrogen-bond acceptors (Lipinski definition) is 4. The van der Waals surface area contributed by atoms with Crippen molar-refractivity contribution in [2.75, 3.05) is 41.7 Å². The quantitative estimate of drug-likeness (QED) is 0.835. The number of hydrogen-bond donors (Lipinski definition) is 2. The highest BCUT2D eigenvalue weighted by atomic mass is 16.2. The van der Waals surface area contributed by atoms with Gasteiger partial charge in [0.15, 0.2) is 0 Å². The Morgan fingerprint density at radius 2 is 1.76 bits per heavy atom. The summed E-state index contributed by atoms with van der Waals surface area (Å²) in [7, 11) is 0. The van der Waals surface area contributed by atoms with Crippen molar-refractivity contribution in [3.8, 4) is 0 Å². The second-order valence-electron chi connectivity index (χ2n) is 7.89. The van der Waals surface area contributed by atoms with Gasteiger partial charge < -0.3 is 20.4 Å². The molecule has 7 heteroatoms. The lowest BCUT2D eigenvalue weighted by Crippen LogP contribution is -2.49. The van der Waals surface area contributed by atoms with E-state index >= 15 is 0 Å². The van der Waals surface area contributed by atoms with Crippen LogP contribution in [0.2, 0.25) is 0 Å². The van der Waals surface area contributed by atoms with E-state index in [1.54, 1.807) is 6.20 Å². The Bertz CT molecular complexity index is 900. The monoisotopic (exact) mass is 393 g/mol. The van der Waals surface area contributed by atoms with E-state index in [0.29, 0.717) is 11.6 Å². The molecule has 2 aliphatic rings. The second kappa shape index (κ2) is 8.11. The standard InChI is InChI=1S/C22H27N5O2/c1-15-3-4-16(2)19(13-15)25-22(29)24-18-7-8-20(23-14-18)26-9-11-27(12-10-26)21(28)17-5-6-17/h3-4,7-8,13-14,17H,5-6,9-12H2,1-2H3,(H2,24,25,29). The zero-order valence-electron chi connectivity index (χ0n) is 16.9. The third-order valence-corrected chi connectivity index (χ3v) is 5.49. The molecule has 152 valence electrons. The zero-order valence-corrected chi connectivity index (χ0v) is 16.9. The van der Waals surface area contributed by atoms with Crippen molar-refractivity contribution in [1.29, 1.82) is 0 Å². The van der Waals surface area contributed by atoms with E-state index in [9.17, 15) is 9.59 Å². The molecule has 2 heterocycles. The average Bonchev–Trinajstić information content (AvgIpc) is 3.56. The van der Waals surface area contributed by atoms with E-state index in [4.69, 9.17) is 0 Å². The number of rotatable bonds is 4. The number of aromatic nitrogens is 1. The number of nitrogens with zero attached hydrogens (tertiary/aromatic N) is 3. The molecule has 4 rings (SSSR count). The van der Waals surface area contributed by atoms with Gasteiger partial charge in [-0.25, -0.2) is 9.78 Å². The van der Waals surface area contributed by atoms with E-state index in [0.717, 1.165) is 61.7 Å². The first-order valence-corrected chi connectivity index (χ1v) is 10.1. The van der Waals surface area contributed by atoms with Gasteiger partial charge >= 0.3 is 6.03 Å². The number of nitrogens with one attached hydrogen (secondary N) is 2. The first-order valence-electron chi connectivity index (χ1n) is 10.1. The summed E-state index contributed by atoms with van der Waals surface area (Å²) in [6.07, 6.45) is 3.76. The SMILES string of the molecule is Cc1ccc(C)c(NC(=O)Nc2ccc(N3CCN(C(=O)C4CC4)CC3)nc2)c1. The molecule has 1 aliphatic heterocycles. The molecular formula is C22H27N5O2. The highest BCUT2D eigenvalue weighted by Gasteiger charge is 2.34. The van der Waals surface area contributed by atoms with Gasteiger partial charge in [0.25, 0.3) is 0 Å². The lowest BCUT2D eigenvalue weighted by Gasteiger charge is -2.35. The van der Waals surface area contributed by atoms with E-state index < -0.39 is 0 Å². The number of carbonyl (C=O) groups is 2. The maximum Gasteiger partial charge on any atom is 0.323 e. The van der Waals surface area contributed by atoms with Crippen LogP contribution in [0.5, 0.6) is 0 Å². The van der Waals surface area contributed by atoms with Crippen LogP contribution in [-0.2, 0) is 4.79 Å². The molecule has 0 bridgehead atoms. The molecule has 0 radical (unpaired) electrons. The molecule has 1 saturated heterocycles. The largest absolute Gasteiger partial charge is 0.353 e. The summed E-state index contributed by atoms with van der Waals surface area (Å²) < 4.78 is 0. The number of urea groups is 1. The molecule has 0 unspecified atom stereocenters. The molecule has 2 N–H and O–H groups in total. The van der Waals surface area contributed by atoms with Gasteiger partial charge in [-0.05, 0) is 56.0 Å². The van der Waals surface area contributed by atoms with Crippen LogP contribution in [0, 0.1) is 19.8 Å². The van der Waals surface area contributed by atoms with Gasteiger partial charge in [0, 0.05) is 37.8 Å². The second-order valence-corrected chi connectivity index (χ2v) is 7.89. The minimum Gasteiger partial charge on any atom is -0.353 e. The number of pyridine rings is 1. The molecule has 1 aromatic heterocycles. The number of anilines is 3. The number of benzene rings is 1. The van der Waals surface area contributed by atoms with Crippen molar-refractivity contribution in [2.45, 2.75) is 26.7 Å². The smallest absolute Gasteiger partial charge is 0.323 e. The highest BCUT2D eigenvalue weighted by molar-refractivity contribution is 6.00. The van der Waals surface area contributed by atoms with Crippen LogP contribution in [0.4, 0.5) is 22.0 Å². The highest BCUT2D eigenvalue weighted by Crippen LogP contribution is 2.31. The molecule has 2 aromatic rings. The molecule has 0 atom stereocenters. The fraction of sp³-hybridized carbons (Fsp3) is 0.409. The van der Waals surface area contributed by atoms with Crippen molar-refractivity contribution in [3.63, 3.8) is 0 Å². The summed E-state index contributed by atoms with van der Waals surface area (Å²) in [4.78, 5) is 33.1. The fourth-order valence-corrected chi connectivity index (χ4v) is 3.55. The molecule has 3 amide bonds. The van der Waals surface area contributed by atoms with Crippen LogP contribution in [-0.4, -0.2) is 48.0 Å². The molecule has 7 nitrogen and oxygen atoms in total. The Morgan fingerprint density at radius 1 is 1.00 bits per heavy atom. The van der Waals surface area contributed by atoms with Crippen molar-refractivity contribution >= 4 is 29.1 Å². The van der Waals surface area contributed by atoms with Gasteiger partial charge in [-0.2, -0.15) is 0 Å². The topological polar surface area (TPSA) is 77.6 Å². The van der Waals surface area contributed by atoms with Gasteiger partial charge in [-0.15, -0.1) is 0 Å². The average molecular weight is 393 g/mol. The Hall–Kier alpha value is -3.09. The molecule has 29 heavy (non-hydrogen) atoms. The zero-order chi connectivity index (χ0) is 20.4. The Kier molecular flexibility index (Phi) is 5.38. The number of piperazine rings is 1. The van der Waals surface area contributed by atoms with Crippen LogP contribution in [0.15, 0.2) is 36.5 Å². The normalized spacial score (nSPS) is 16.5. The van der Waals surface area contributed by atoms with Crippen LogP contribution in [0.1, 0.15) is 24.0 Å². The van der Waals surface area contributed by atoms with Gasteiger partial charge in [0.1, 0.15) is 5.82 Å². The van der Waals surface area contributed by atoms with Crippen LogP contribution < -0.4 is 15.5 Å². The van der Waals surface area contributed by atoms with E-state index in [1.165, 1.54) is 0 Å². The number of amides is 3. The number of carbonyl (C=O) groups excluding carboxylic acids is 2. The summed E-state index contributed by atoms with van der Waals surface area (Å²) >= 11 is 0. The minimum absolute atomic E-state index is 0.278. The van der Waals surface area contributed by atoms with Crippen molar-refractivity contribution in [2.24, 2.45) is 5.92 Å². The first-order chi connectivity index (χ1) is 14.0. The van der Waals surface area contributed by atoms with Crippen molar-refractivity contribution < 1.29 is 9.59 Å². The third kappa shape index (κ3) is 4.67. The van der Waals surface area contributed by atoms with Crippen LogP contribution in [0.25, 0.3) is 0 Å². The van der Waals surface area contributed by atoms with E-state index in [2.05, 4.69) is 20.5 Å². The maximum atomic E-state index is 12.3. The molecular weight excluding hydrogens is 366 g/mol. The fourth-order valence-electron chi connectivity index (χ4n) is 3.55. The summed E-state index contributed by atoms with van der Waals surface area (Å²) in [6, 6.07) is 9.42. The van der Waals surface area contributed by atoms with Crippen LogP contribution >= 0.6 is 0 Å². The lowest BCUT2D eigenvalue weighted by atomic mass is 10.1. The van der Waals surface area contributed by atoms with E-state index in [-0.39, 0.29) is 11.9 Å².